The van der Waals surface area contributed by atoms with E-state index in [-0.39, 0.29) is 5.04 Å². The van der Waals surface area contributed by atoms with E-state index in [1.807, 2.05) is 0 Å². The summed E-state index contributed by atoms with van der Waals surface area (Å²) in [5.74, 6) is 0.601. The van der Waals surface area contributed by atoms with E-state index in [4.69, 9.17) is 8.85 Å². The van der Waals surface area contributed by atoms with E-state index in [1.165, 1.54) is 0 Å². The molecule has 0 fully saturated rings. The molecule has 0 amide bonds. The fourth-order valence-corrected chi connectivity index (χ4v) is 6.86. The van der Waals surface area contributed by atoms with Crippen molar-refractivity contribution in [2.75, 3.05) is 13.2 Å². The Morgan fingerprint density at radius 3 is 1.50 bits per heavy atom. The Hall–Kier alpha value is 0.137. The second kappa shape index (κ2) is 6.17. The van der Waals surface area contributed by atoms with Crippen molar-refractivity contribution >= 4 is 8.56 Å². The molecular weight excluding hydrogens is 216 g/mol. The van der Waals surface area contributed by atoms with Crippen molar-refractivity contribution in [2.24, 2.45) is 5.92 Å². The Morgan fingerprint density at radius 2 is 1.31 bits per heavy atom. The monoisotopic (exact) mass is 246 g/mol. The highest BCUT2D eigenvalue weighted by Gasteiger charge is 2.54. The van der Waals surface area contributed by atoms with Gasteiger partial charge < -0.3 is 8.85 Å². The molecule has 0 saturated heterocycles. The molecule has 0 aromatic carbocycles. The molecule has 0 rings (SSSR count). The van der Waals surface area contributed by atoms with E-state index >= 15 is 0 Å². The van der Waals surface area contributed by atoms with Crippen LogP contribution in [0.3, 0.4) is 0 Å². The zero-order valence-electron chi connectivity index (χ0n) is 12.4. The molecule has 0 bridgehead atoms. The fraction of sp³-hybridized carbons (Fsp3) is 1.00. The predicted octanol–water partition coefficient (Wildman–Crippen LogP) is 4.35. The molecule has 1 unspecified atom stereocenters. The topological polar surface area (TPSA) is 18.5 Å². The standard InChI is InChI=1S/C13H30O2Si/c1-9-14-16(15-10-2,13(6,7)8)12(5)11(3)4/h11-12H,9-10H2,1-8H3. The molecule has 0 aliphatic heterocycles. The van der Waals surface area contributed by atoms with Crippen LogP contribution in [0.2, 0.25) is 10.6 Å². The maximum absolute atomic E-state index is 6.17. The van der Waals surface area contributed by atoms with Crippen LogP contribution in [-0.2, 0) is 8.85 Å². The summed E-state index contributed by atoms with van der Waals surface area (Å²) >= 11 is 0. The van der Waals surface area contributed by atoms with E-state index in [0.717, 1.165) is 13.2 Å². The van der Waals surface area contributed by atoms with E-state index in [9.17, 15) is 0 Å². The maximum atomic E-state index is 6.17. The van der Waals surface area contributed by atoms with Gasteiger partial charge in [-0.1, -0.05) is 41.5 Å². The molecule has 0 aliphatic carbocycles. The van der Waals surface area contributed by atoms with Gasteiger partial charge in [0.25, 0.3) is 0 Å². The zero-order valence-corrected chi connectivity index (χ0v) is 13.4. The van der Waals surface area contributed by atoms with E-state index in [2.05, 4.69) is 55.4 Å². The lowest BCUT2D eigenvalue weighted by atomic mass is 10.1. The van der Waals surface area contributed by atoms with Gasteiger partial charge in [-0.25, -0.2) is 0 Å². The van der Waals surface area contributed by atoms with Gasteiger partial charge in [-0.2, -0.15) is 0 Å². The molecule has 0 saturated carbocycles. The van der Waals surface area contributed by atoms with Crippen molar-refractivity contribution < 1.29 is 8.85 Å². The molecule has 3 heteroatoms. The summed E-state index contributed by atoms with van der Waals surface area (Å²) in [5, 5.41) is 0.114. The lowest BCUT2D eigenvalue weighted by Crippen LogP contribution is -2.55. The van der Waals surface area contributed by atoms with Crippen LogP contribution in [0.15, 0.2) is 0 Å². The molecule has 0 heterocycles. The van der Waals surface area contributed by atoms with Crippen LogP contribution in [-0.4, -0.2) is 21.8 Å². The lowest BCUT2D eigenvalue weighted by molar-refractivity contribution is 0.144. The third-order valence-electron chi connectivity index (χ3n) is 3.36. The van der Waals surface area contributed by atoms with Gasteiger partial charge >= 0.3 is 8.56 Å². The summed E-state index contributed by atoms with van der Waals surface area (Å²) in [6.07, 6.45) is 0. The van der Waals surface area contributed by atoms with Crippen LogP contribution in [0.25, 0.3) is 0 Å². The minimum atomic E-state index is -2.16. The van der Waals surface area contributed by atoms with Crippen molar-refractivity contribution in [2.45, 2.75) is 66.0 Å². The van der Waals surface area contributed by atoms with Gasteiger partial charge in [-0.15, -0.1) is 0 Å². The molecule has 0 aliphatic rings. The first kappa shape index (κ1) is 16.1. The molecule has 1 atom stereocenters. The average molecular weight is 246 g/mol. The minimum absolute atomic E-state index is 0.114. The summed E-state index contributed by atoms with van der Waals surface area (Å²) in [6, 6.07) is 0. The van der Waals surface area contributed by atoms with Gasteiger partial charge in [0.15, 0.2) is 0 Å². The van der Waals surface area contributed by atoms with Crippen molar-refractivity contribution in [3.8, 4) is 0 Å². The minimum Gasteiger partial charge on any atom is -0.394 e. The van der Waals surface area contributed by atoms with Crippen LogP contribution < -0.4 is 0 Å². The maximum Gasteiger partial charge on any atom is 0.346 e. The number of hydrogen-bond acceptors (Lipinski definition) is 2. The fourth-order valence-electron chi connectivity index (χ4n) is 2.29. The van der Waals surface area contributed by atoms with Gasteiger partial charge in [0.2, 0.25) is 0 Å². The Morgan fingerprint density at radius 1 is 0.938 bits per heavy atom. The summed E-state index contributed by atoms with van der Waals surface area (Å²) < 4.78 is 12.3. The molecular formula is C13H30O2Si. The number of hydrogen-bond donors (Lipinski definition) is 0. The van der Waals surface area contributed by atoms with Crippen LogP contribution in [0.4, 0.5) is 0 Å². The third-order valence-corrected chi connectivity index (χ3v) is 8.75. The lowest BCUT2D eigenvalue weighted by Gasteiger charge is -2.45. The molecule has 0 aromatic heterocycles. The summed E-state index contributed by atoms with van der Waals surface area (Å²) in [5.41, 5.74) is 0.507. The summed E-state index contributed by atoms with van der Waals surface area (Å²) in [4.78, 5) is 0. The highest BCUT2D eigenvalue weighted by molar-refractivity contribution is 6.72. The van der Waals surface area contributed by atoms with Crippen molar-refractivity contribution in [3.05, 3.63) is 0 Å². The largest absolute Gasteiger partial charge is 0.394 e. The van der Waals surface area contributed by atoms with Crippen molar-refractivity contribution in [1.82, 2.24) is 0 Å². The van der Waals surface area contributed by atoms with Crippen LogP contribution in [0.1, 0.15) is 55.4 Å². The Labute approximate surface area is 103 Å². The molecule has 0 radical (unpaired) electrons. The van der Waals surface area contributed by atoms with Gasteiger partial charge in [0, 0.05) is 23.8 Å². The van der Waals surface area contributed by atoms with Gasteiger partial charge in [-0.05, 0) is 19.8 Å². The van der Waals surface area contributed by atoms with Crippen LogP contribution in [0, 0.1) is 5.92 Å². The third kappa shape index (κ3) is 3.31. The van der Waals surface area contributed by atoms with Crippen molar-refractivity contribution in [1.29, 1.82) is 0 Å². The Kier molecular flexibility index (Phi) is 6.23. The summed E-state index contributed by atoms with van der Waals surface area (Å²) in [7, 11) is -2.16. The predicted molar refractivity (Wildman–Crippen MR) is 73.0 cm³/mol. The first-order valence-electron chi connectivity index (χ1n) is 6.50. The molecule has 16 heavy (non-hydrogen) atoms. The molecule has 0 spiro atoms. The van der Waals surface area contributed by atoms with Crippen LogP contribution >= 0.6 is 0 Å². The normalized spacial score (nSPS) is 15.6. The highest BCUT2D eigenvalue weighted by atomic mass is 28.4. The van der Waals surface area contributed by atoms with E-state index in [1.54, 1.807) is 0 Å². The molecule has 0 aromatic rings. The van der Waals surface area contributed by atoms with Crippen LogP contribution in [0.5, 0.6) is 0 Å². The van der Waals surface area contributed by atoms with Gasteiger partial charge in [-0.3, -0.25) is 0 Å². The molecule has 0 N–H and O–H groups in total. The second-order valence-electron chi connectivity index (χ2n) is 5.82. The quantitative estimate of drug-likeness (QED) is 0.649. The SMILES string of the molecule is CCO[Si](OCC)(C(C)C(C)C)C(C)(C)C. The summed E-state index contributed by atoms with van der Waals surface area (Å²) in [6.45, 7) is 19.2. The molecule has 2 nitrogen and oxygen atoms in total. The van der Waals surface area contributed by atoms with Crippen molar-refractivity contribution in [3.63, 3.8) is 0 Å². The Bertz CT molecular complexity index is 191. The second-order valence-corrected chi connectivity index (χ2v) is 10.1. The molecule has 98 valence electrons. The van der Waals surface area contributed by atoms with Gasteiger partial charge in [0.1, 0.15) is 0 Å². The van der Waals surface area contributed by atoms with E-state index < -0.39 is 8.56 Å². The Balaban J connectivity index is 5.24. The van der Waals surface area contributed by atoms with Gasteiger partial charge in [0.05, 0.1) is 0 Å². The first-order chi connectivity index (χ1) is 7.23. The average Bonchev–Trinajstić information content (AvgIpc) is 2.14. The highest BCUT2D eigenvalue weighted by Crippen LogP contribution is 2.47. The zero-order chi connectivity index (χ0) is 13.0. The van der Waals surface area contributed by atoms with E-state index in [0.29, 0.717) is 11.5 Å². The number of rotatable bonds is 6. The smallest absolute Gasteiger partial charge is 0.346 e. The first-order valence-corrected chi connectivity index (χ1v) is 8.40.